The zero-order chi connectivity index (χ0) is 16.7. The third-order valence-electron chi connectivity index (χ3n) is 1.97. The van der Waals surface area contributed by atoms with Crippen molar-refractivity contribution in [1.82, 2.24) is 0 Å². The van der Waals surface area contributed by atoms with Gasteiger partial charge in [0.15, 0.2) is 6.10 Å². The average Bonchev–Trinajstić information content (AvgIpc) is 2.49. The van der Waals surface area contributed by atoms with Crippen molar-refractivity contribution in [2.45, 2.75) is 26.4 Å². The van der Waals surface area contributed by atoms with Crippen LogP contribution in [0.3, 0.4) is 0 Å². The van der Waals surface area contributed by atoms with Gasteiger partial charge in [-0.15, -0.1) is 0 Å². The van der Waals surface area contributed by atoms with Gasteiger partial charge < -0.3 is 20.1 Å². The summed E-state index contributed by atoms with van der Waals surface area (Å²) in [5.41, 5.74) is 0.331. The molecule has 1 aromatic rings. The molecule has 3 N–H and O–H groups in total. The zero-order valence-electron chi connectivity index (χ0n) is 11.9. The second-order valence-corrected chi connectivity index (χ2v) is 3.45. The van der Waals surface area contributed by atoms with Gasteiger partial charge in [0, 0.05) is 0 Å². The third-order valence-corrected chi connectivity index (χ3v) is 1.97. The Kier molecular flexibility index (Phi) is 13.9. The lowest BCUT2D eigenvalue weighted by Gasteiger charge is -2.04. The molecule has 0 bridgehead atoms. The number of carbonyl (C=O) groups excluding carboxylic acids is 1. The lowest BCUT2D eigenvalue weighted by molar-refractivity contribution is -0.153. The lowest BCUT2D eigenvalue weighted by Crippen LogP contribution is -2.21. The number of carboxylic acid groups (broad SMARTS) is 2. The van der Waals surface area contributed by atoms with E-state index in [1.807, 2.05) is 0 Å². The number of carbonyl (C=O) groups is 3. The highest BCUT2D eigenvalue weighted by atomic mass is 16.5. The zero-order valence-corrected chi connectivity index (χ0v) is 11.9. The quantitative estimate of drug-likeness (QED) is 0.567. The van der Waals surface area contributed by atoms with Gasteiger partial charge in [0.25, 0.3) is 6.47 Å². The third kappa shape index (κ3) is 12.4. The lowest BCUT2D eigenvalue weighted by atomic mass is 10.2. The van der Waals surface area contributed by atoms with Crippen LogP contribution in [0, 0.1) is 0 Å². The Hall–Kier alpha value is -2.41. The monoisotopic (exact) mass is 300 g/mol. The first-order valence-electron chi connectivity index (χ1n) is 6.15. The maximum atomic E-state index is 10.5. The fourth-order valence-electron chi connectivity index (χ4n) is 0.986. The molecule has 1 unspecified atom stereocenters. The van der Waals surface area contributed by atoms with Crippen molar-refractivity contribution in [3.63, 3.8) is 0 Å². The van der Waals surface area contributed by atoms with E-state index in [1.54, 1.807) is 44.2 Å². The predicted octanol–water partition coefficient (Wildman–Crippen LogP) is 1.41. The minimum Gasteiger partial charge on any atom is -0.483 e. The number of esters is 1. The van der Waals surface area contributed by atoms with Crippen molar-refractivity contribution in [2.75, 3.05) is 6.61 Å². The number of rotatable bonds is 4. The van der Waals surface area contributed by atoms with Crippen LogP contribution in [0.1, 0.15) is 30.6 Å². The van der Waals surface area contributed by atoms with Gasteiger partial charge in [-0.3, -0.25) is 4.79 Å². The van der Waals surface area contributed by atoms with E-state index < -0.39 is 18.0 Å². The molecule has 0 saturated carbocycles. The second-order valence-electron chi connectivity index (χ2n) is 3.45. The number of benzene rings is 1. The smallest absolute Gasteiger partial charge is 0.335 e. The molecule has 0 amide bonds. The van der Waals surface area contributed by atoms with Gasteiger partial charge in [-0.25, -0.2) is 9.59 Å². The summed E-state index contributed by atoms with van der Waals surface area (Å²) in [6, 6.07) is 8.30. The highest BCUT2D eigenvalue weighted by molar-refractivity contribution is 5.87. The molecular weight excluding hydrogens is 280 g/mol. The van der Waals surface area contributed by atoms with E-state index in [0.29, 0.717) is 18.6 Å². The molecule has 1 rings (SSSR count). The van der Waals surface area contributed by atoms with E-state index in [-0.39, 0.29) is 6.47 Å². The number of hydrogen-bond donors (Lipinski definition) is 3. The largest absolute Gasteiger partial charge is 0.483 e. The van der Waals surface area contributed by atoms with Crippen molar-refractivity contribution >= 4 is 18.4 Å². The number of ether oxygens (including phenoxy) is 1. The first-order chi connectivity index (χ1) is 9.94. The van der Waals surface area contributed by atoms with Crippen molar-refractivity contribution < 1.29 is 34.4 Å². The summed E-state index contributed by atoms with van der Waals surface area (Å²) in [6.07, 6.45) is -0.524. The van der Waals surface area contributed by atoms with Gasteiger partial charge in [-0.1, -0.05) is 25.1 Å². The number of carboxylic acids is 1. The van der Waals surface area contributed by atoms with Gasteiger partial charge in [-0.2, -0.15) is 0 Å². The Bertz CT molecular complexity index is 403. The molecule has 0 aliphatic carbocycles. The van der Waals surface area contributed by atoms with Crippen LogP contribution in [-0.2, 0) is 14.3 Å². The minimum absolute atomic E-state index is 0.250. The number of aliphatic hydroxyl groups excluding tert-OH is 1. The van der Waals surface area contributed by atoms with Gasteiger partial charge in [0.2, 0.25) is 0 Å². The fourth-order valence-corrected chi connectivity index (χ4v) is 0.986. The standard InChI is InChI=1S/C7H6O2.C6H12O3.CH2O2/c8-7(9)6-4-2-1-3-5-6;1-3-5(7)6(8)9-4-2;2-1-3/h1-5H,(H,8,9);5,7H,3-4H2,1-2H3;1H,(H,2,3). The molecule has 0 saturated heterocycles. The molecule has 0 radical (unpaired) electrons. The first-order valence-corrected chi connectivity index (χ1v) is 6.15. The summed E-state index contributed by atoms with van der Waals surface area (Å²) in [5.74, 6) is -1.41. The summed E-state index contributed by atoms with van der Waals surface area (Å²) in [5, 5.41) is 24.1. The molecule has 0 heterocycles. The Morgan fingerprint density at radius 3 is 2.00 bits per heavy atom. The fraction of sp³-hybridized carbons (Fsp3) is 0.357. The summed E-state index contributed by atoms with van der Waals surface area (Å²) in [4.78, 5) is 29.1. The van der Waals surface area contributed by atoms with E-state index in [9.17, 15) is 9.59 Å². The molecule has 7 nitrogen and oxygen atoms in total. The van der Waals surface area contributed by atoms with Crippen molar-refractivity contribution in [1.29, 1.82) is 0 Å². The van der Waals surface area contributed by atoms with Gasteiger partial charge in [0.1, 0.15) is 0 Å². The molecule has 0 spiro atoms. The minimum atomic E-state index is -0.940. The van der Waals surface area contributed by atoms with Crippen LogP contribution in [0.5, 0.6) is 0 Å². The summed E-state index contributed by atoms with van der Waals surface area (Å²) in [6.45, 7) is 3.51. The SMILES string of the molecule is CCOC(=O)C(O)CC.O=C(O)c1ccccc1.O=CO. The van der Waals surface area contributed by atoms with Crippen LogP contribution in [0.25, 0.3) is 0 Å². The summed E-state index contributed by atoms with van der Waals surface area (Å²) >= 11 is 0. The molecule has 0 aliphatic heterocycles. The van der Waals surface area contributed by atoms with E-state index in [0.717, 1.165) is 0 Å². The maximum Gasteiger partial charge on any atom is 0.335 e. The predicted molar refractivity (Wildman–Crippen MR) is 75.0 cm³/mol. The van der Waals surface area contributed by atoms with Crippen LogP contribution in [-0.4, -0.2) is 46.4 Å². The van der Waals surface area contributed by atoms with Gasteiger partial charge in [-0.05, 0) is 25.5 Å². The molecule has 0 aromatic heterocycles. The maximum absolute atomic E-state index is 10.5. The molecule has 1 atom stereocenters. The van der Waals surface area contributed by atoms with Crippen molar-refractivity contribution in [2.24, 2.45) is 0 Å². The molecule has 1 aromatic carbocycles. The van der Waals surface area contributed by atoms with E-state index in [2.05, 4.69) is 4.74 Å². The van der Waals surface area contributed by atoms with Crippen LogP contribution in [0.4, 0.5) is 0 Å². The first kappa shape index (κ1) is 20.9. The molecule has 7 heteroatoms. The number of aliphatic hydroxyl groups is 1. The van der Waals surface area contributed by atoms with Gasteiger partial charge >= 0.3 is 11.9 Å². The Morgan fingerprint density at radius 1 is 1.24 bits per heavy atom. The molecular formula is C14H20O7. The second kappa shape index (κ2) is 14.0. The highest BCUT2D eigenvalue weighted by Gasteiger charge is 2.11. The Morgan fingerprint density at radius 2 is 1.71 bits per heavy atom. The van der Waals surface area contributed by atoms with Crippen LogP contribution in [0.15, 0.2) is 30.3 Å². The van der Waals surface area contributed by atoms with Gasteiger partial charge in [0.05, 0.1) is 12.2 Å². The molecule has 0 aliphatic rings. The molecule has 118 valence electrons. The summed E-state index contributed by atoms with van der Waals surface area (Å²) < 4.78 is 4.51. The van der Waals surface area contributed by atoms with E-state index >= 15 is 0 Å². The van der Waals surface area contributed by atoms with Crippen molar-refractivity contribution in [3.05, 3.63) is 35.9 Å². The normalized spacial score (nSPS) is 9.86. The van der Waals surface area contributed by atoms with E-state index in [4.69, 9.17) is 20.1 Å². The van der Waals surface area contributed by atoms with Crippen molar-refractivity contribution in [3.8, 4) is 0 Å². The van der Waals surface area contributed by atoms with Crippen LogP contribution in [0.2, 0.25) is 0 Å². The Labute approximate surface area is 122 Å². The number of hydrogen-bond acceptors (Lipinski definition) is 5. The van der Waals surface area contributed by atoms with E-state index in [1.165, 1.54) is 0 Å². The molecule has 21 heavy (non-hydrogen) atoms. The summed E-state index contributed by atoms with van der Waals surface area (Å²) in [7, 11) is 0. The highest BCUT2D eigenvalue weighted by Crippen LogP contribution is 1.96. The average molecular weight is 300 g/mol. The molecule has 0 fully saturated rings. The number of aromatic carboxylic acids is 1. The van der Waals surface area contributed by atoms with Crippen LogP contribution < -0.4 is 0 Å². The Balaban J connectivity index is 0. The topological polar surface area (TPSA) is 121 Å². The van der Waals surface area contributed by atoms with Crippen LogP contribution >= 0.6 is 0 Å².